The molecular weight excluding hydrogens is 541 g/mol. The number of hydrogen-bond acceptors (Lipinski definition) is 7. The van der Waals surface area contributed by atoms with Crippen LogP contribution in [0.25, 0.3) is 20.8 Å². The van der Waals surface area contributed by atoms with Gasteiger partial charge in [0, 0.05) is 24.3 Å². The van der Waals surface area contributed by atoms with E-state index in [2.05, 4.69) is 16.4 Å². The lowest BCUT2D eigenvalue weighted by Crippen LogP contribution is -2.36. The number of carbonyl (C=O) groups is 2. The van der Waals surface area contributed by atoms with Crippen LogP contribution < -0.4 is 5.32 Å². The van der Waals surface area contributed by atoms with Gasteiger partial charge in [0.25, 0.3) is 5.91 Å². The molecule has 3 aromatic carbocycles. The van der Waals surface area contributed by atoms with Crippen molar-refractivity contribution in [1.29, 1.82) is 0 Å². The lowest BCUT2D eigenvalue weighted by molar-refractivity contribution is -0.119. The van der Waals surface area contributed by atoms with E-state index in [4.69, 9.17) is 4.74 Å². The third kappa shape index (κ3) is 6.00. The summed E-state index contributed by atoms with van der Waals surface area (Å²) < 4.78 is 47.6. The minimum Gasteiger partial charge on any atom is -0.452 e. The summed E-state index contributed by atoms with van der Waals surface area (Å²) >= 11 is 1.59. The van der Waals surface area contributed by atoms with Crippen LogP contribution in [0.1, 0.15) is 35.2 Å². The van der Waals surface area contributed by atoms with Crippen LogP contribution in [-0.2, 0) is 19.6 Å². The quantitative estimate of drug-likeness (QED) is 0.301. The Morgan fingerprint density at radius 1 is 1.03 bits per heavy atom. The second-order valence-corrected chi connectivity index (χ2v) is 12.2. The number of ether oxygens (including phenoxy) is 1. The largest absolute Gasteiger partial charge is 0.452 e. The molecule has 1 amide bonds. The first-order chi connectivity index (χ1) is 18.7. The molecule has 0 atom stereocenters. The van der Waals surface area contributed by atoms with E-state index in [1.807, 2.05) is 31.2 Å². The van der Waals surface area contributed by atoms with Gasteiger partial charge in [0.1, 0.15) is 15.7 Å². The van der Waals surface area contributed by atoms with Gasteiger partial charge >= 0.3 is 5.97 Å². The van der Waals surface area contributed by atoms with Crippen LogP contribution >= 0.6 is 11.3 Å². The van der Waals surface area contributed by atoms with E-state index in [9.17, 15) is 22.4 Å². The molecule has 0 aliphatic carbocycles. The number of anilines is 1. The van der Waals surface area contributed by atoms with E-state index < -0.39 is 39.2 Å². The molecular formula is C28H26FN3O5S2. The maximum Gasteiger partial charge on any atom is 0.338 e. The van der Waals surface area contributed by atoms with Crippen LogP contribution in [0.15, 0.2) is 65.6 Å². The van der Waals surface area contributed by atoms with E-state index in [0.717, 1.165) is 45.4 Å². The number of nitrogens with zero attached hydrogens (tertiary/aromatic N) is 2. The molecule has 2 heterocycles. The number of nitrogens with one attached hydrogen (secondary N) is 1. The highest BCUT2D eigenvalue weighted by Crippen LogP contribution is 2.31. The number of aromatic nitrogens is 1. The van der Waals surface area contributed by atoms with Gasteiger partial charge in [0.05, 0.1) is 15.8 Å². The Labute approximate surface area is 229 Å². The number of rotatable bonds is 7. The standard InChI is InChI=1S/C28H26FN3O5S2/c1-18-5-12-23-24(15-18)38-27(31-23)19-6-9-21(10-7-19)30-26(33)17-37-28(34)20-8-11-22(29)25(16-20)39(35,36)32-13-3-2-4-14-32/h5-12,15-16H,2-4,13-14,17H2,1H3,(H,30,33). The molecule has 0 radical (unpaired) electrons. The van der Waals surface area contributed by atoms with Crippen LogP contribution in [0.3, 0.4) is 0 Å². The molecule has 1 saturated heterocycles. The van der Waals surface area contributed by atoms with Crippen molar-refractivity contribution in [3.05, 3.63) is 77.6 Å². The number of esters is 1. The van der Waals surface area contributed by atoms with Crippen LogP contribution in [0.4, 0.5) is 10.1 Å². The Balaban J connectivity index is 1.20. The summed E-state index contributed by atoms with van der Waals surface area (Å²) in [5, 5.41) is 3.52. The first-order valence-electron chi connectivity index (χ1n) is 12.4. The van der Waals surface area contributed by atoms with Gasteiger partial charge < -0.3 is 10.1 Å². The second kappa shape index (κ2) is 11.2. The van der Waals surface area contributed by atoms with Gasteiger partial charge in [-0.15, -0.1) is 11.3 Å². The highest BCUT2D eigenvalue weighted by molar-refractivity contribution is 7.89. The van der Waals surface area contributed by atoms with Crippen molar-refractivity contribution >= 4 is 49.1 Å². The van der Waals surface area contributed by atoms with E-state index in [-0.39, 0.29) is 5.56 Å². The van der Waals surface area contributed by atoms with Crippen LogP contribution in [0, 0.1) is 12.7 Å². The SMILES string of the molecule is Cc1ccc2nc(-c3ccc(NC(=O)COC(=O)c4ccc(F)c(S(=O)(=O)N5CCCCC5)c4)cc3)sc2c1. The van der Waals surface area contributed by atoms with Crippen molar-refractivity contribution in [2.45, 2.75) is 31.1 Å². The zero-order valence-electron chi connectivity index (χ0n) is 21.1. The lowest BCUT2D eigenvalue weighted by atomic mass is 10.2. The van der Waals surface area contributed by atoms with Crippen molar-refractivity contribution in [3.63, 3.8) is 0 Å². The monoisotopic (exact) mass is 567 g/mol. The number of halogens is 1. The summed E-state index contributed by atoms with van der Waals surface area (Å²) in [7, 11) is -4.09. The van der Waals surface area contributed by atoms with Crippen LogP contribution in [0.5, 0.6) is 0 Å². The summed E-state index contributed by atoms with van der Waals surface area (Å²) in [5.74, 6) is -2.45. The highest BCUT2D eigenvalue weighted by atomic mass is 32.2. The van der Waals surface area contributed by atoms with Crippen LogP contribution in [0.2, 0.25) is 0 Å². The molecule has 11 heteroatoms. The van der Waals surface area contributed by atoms with E-state index in [1.165, 1.54) is 9.87 Å². The number of thiazole rings is 1. The Kier molecular flexibility index (Phi) is 7.74. The molecule has 1 N–H and O–H groups in total. The summed E-state index contributed by atoms with van der Waals surface area (Å²) in [4.78, 5) is 29.0. The summed E-state index contributed by atoms with van der Waals surface area (Å²) in [6.07, 6.45) is 2.31. The fraction of sp³-hybridized carbons (Fsp3) is 0.250. The number of hydrogen-bond donors (Lipinski definition) is 1. The zero-order chi connectivity index (χ0) is 27.6. The number of piperidine rings is 1. The number of sulfonamides is 1. The molecule has 39 heavy (non-hydrogen) atoms. The summed E-state index contributed by atoms with van der Waals surface area (Å²) in [6, 6.07) is 16.2. The van der Waals surface area contributed by atoms with Crippen molar-refractivity contribution in [2.24, 2.45) is 0 Å². The van der Waals surface area contributed by atoms with Crippen molar-refractivity contribution in [1.82, 2.24) is 9.29 Å². The fourth-order valence-corrected chi connectivity index (χ4v) is 7.01. The summed E-state index contributed by atoms with van der Waals surface area (Å²) in [6.45, 7) is 2.05. The number of fused-ring (bicyclic) bond motifs is 1. The molecule has 4 aromatic rings. The minimum absolute atomic E-state index is 0.157. The topological polar surface area (TPSA) is 106 Å². The fourth-order valence-electron chi connectivity index (χ4n) is 4.34. The highest BCUT2D eigenvalue weighted by Gasteiger charge is 2.29. The van der Waals surface area contributed by atoms with Gasteiger partial charge in [-0.2, -0.15) is 4.31 Å². The molecule has 0 bridgehead atoms. The lowest BCUT2D eigenvalue weighted by Gasteiger charge is -2.26. The van der Waals surface area contributed by atoms with Gasteiger partial charge in [-0.05, 0) is 79.9 Å². The number of carbonyl (C=O) groups excluding carboxylic acids is 2. The van der Waals surface area contributed by atoms with Crippen molar-refractivity contribution in [2.75, 3.05) is 25.0 Å². The molecule has 1 aliphatic rings. The molecule has 1 aromatic heterocycles. The van der Waals surface area contributed by atoms with E-state index in [0.29, 0.717) is 31.6 Å². The average Bonchev–Trinajstić information content (AvgIpc) is 3.36. The van der Waals surface area contributed by atoms with Gasteiger partial charge in [0.2, 0.25) is 10.0 Å². The predicted molar refractivity (Wildman–Crippen MR) is 148 cm³/mol. The third-order valence-corrected chi connectivity index (χ3v) is 9.37. The first-order valence-corrected chi connectivity index (χ1v) is 14.7. The molecule has 0 saturated carbocycles. The molecule has 202 valence electrons. The van der Waals surface area contributed by atoms with Gasteiger partial charge in [-0.1, -0.05) is 12.5 Å². The minimum atomic E-state index is -4.09. The van der Waals surface area contributed by atoms with Crippen LogP contribution in [-0.4, -0.2) is 49.3 Å². The Bertz CT molecular complexity index is 1650. The predicted octanol–water partition coefficient (Wildman–Crippen LogP) is 5.38. The summed E-state index contributed by atoms with van der Waals surface area (Å²) in [5.41, 5.74) is 3.35. The molecule has 0 spiro atoms. The Hall–Kier alpha value is -3.67. The molecule has 8 nitrogen and oxygen atoms in total. The normalized spacial score (nSPS) is 14.3. The number of aryl methyl sites for hydroxylation is 1. The molecule has 1 fully saturated rings. The average molecular weight is 568 g/mol. The second-order valence-electron chi connectivity index (χ2n) is 9.30. The van der Waals surface area contributed by atoms with Crippen molar-refractivity contribution < 1.29 is 27.1 Å². The molecule has 5 rings (SSSR count). The van der Waals surface area contributed by atoms with E-state index >= 15 is 0 Å². The third-order valence-electron chi connectivity index (χ3n) is 6.39. The van der Waals surface area contributed by atoms with Gasteiger partial charge in [0.15, 0.2) is 6.61 Å². The molecule has 1 aliphatic heterocycles. The van der Waals surface area contributed by atoms with Gasteiger partial charge in [-0.25, -0.2) is 22.6 Å². The number of amides is 1. The maximum absolute atomic E-state index is 14.4. The Morgan fingerprint density at radius 2 is 1.77 bits per heavy atom. The first kappa shape index (κ1) is 26.9. The van der Waals surface area contributed by atoms with E-state index in [1.54, 1.807) is 23.5 Å². The molecule has 0 unspecified atom stereocenters. The van der Waals surface area contributed by atoms with Gasteiger partial charge in [-0.3, -0.25) is 4.79 Å². The zero-order valence-corrected chi connectivity index (χ0v) is 22.8. The Morgan fingerprint density at radius 3 is 2.51 bits per heavy atom. The van der Waals surface area contributed by atoms with Crippen molar-refractivity contribution in [3.8, 4) is 10.6 Å². The number of benzene rings is 3. The smallest absolute Gasteiger partial charge is 0.338 e. The maximum atomic E-state index is 14.4.